The summed E-state index contributed by atoms with van der Waals surface area (Å²) in [6.45, 7) is 4.09. The third kappa shape index (κ3) is 4.28. The van der Waals surface area contributed by atoms with E-state index in [1.54, 1.807) is 26.2 Å². The molecule has 0 saturated carbocycles. The summed E-state index contributed by atoms with van der Waals surface area (Å²) >= 11 is 1.43. The molecule has 0 aliphatic carbocycles. The number of nitrogens with two attached hydrogens (primary N) is 1. The number of benzene rings is 2. The number of carbonyl (C=O) groups is 1. The summed E-state index contributed by atoms with van der Waals surface area (Å²) in [6.07, 6.45) is 0. The van der Waals surface area contributed by atoms with Gasteiger partial charge in [-0.15, -0.1) is 10.2 Å². The highest BCUT2D eigenvalue weighted by Gasteiger charge is 2.14. The van der Waals surface area contributed by atoms with E-state index < -0.39 is 0 Å². The van der Waals surface area contributed by atoms with Crippen molar-refractivity contribution >= 4 is 17.5 Å². The minimum atomic E-state index is 0.00804. The zero-order valence-electron chi connectivity index (χ0n) is 16.0. The lowest BCUT2D eigenvalue weighted by atomic mass is 10.1. The summed E-state index contributed by atoms with van der Waals surface area (Å²) in [7, 11) is 1.60. The first-order valence-electron chi connectivity index (χ1n) is 8.77. The Labute approximate surface area is 167 Å². The topological polar surface area (TPSA) is 92.3 Å². The summed E-state index contributed by atoms with van der Waals surface area (Å²) in [6, 6.07) is 12.9. The van der Waals surface area contributed by atoms with Gasteiger partial charge in [0.1, 0.15) is 11.5 Å². The molecule has 1 heterocycles. The van der Waals surface area contributed by atoms with Crippen LogP contribution in [-0.2, 0) is 5.75 Å². The van der Waals surface area contributed by atoms with E-state index in [0.29, 0.717) is 34.7 Å². The van der Waals surface area contributed by atoms with Gasteiger partial charge < -0.3 is 15.3 Å². The van der Waals surface area contributed by atoms with Crippen LogP contribution in [0.3, 0.4) is 0 Å². The quantitative estimate of drug-likeness (QED) is 0.352. The van der Waals surface area contributed by atoms with Crippen LogP contribution in [0.25, 0.3) is 11.4 Å². The number of Topliss-reactive ketones (excluding diaryl/α,β-unsaturated/α-hetero) is 1. The Morgan fingerprint density at radius 3 is 2.57 bits per heavy atom. The summed E-state index contributed by atoms with van der Waals surface area (Å²) in [4.78, 5) is 11.6. The molecule has 3 rings (SSSR count). The van der Waals surface area contributed by atoms with Crippen LogP contribution in [0.1, 0.15) is 29.8 Å². The molecule has 28 heavy (non-hydrogen) atoms. The monoisotopic (exact) mass is 398 g/mol. The number of thioether (sulfide) groups is 1. The molecular formula is C20H22N4O3S. The van der Waals surface area contributed by atoms with Crippen LogP contribution in [0.5, 0.6) is 11.5 Å². The van der Waals surface area contributed by atoms with E-state index in [4.69, 9.17) is 15.3 Å². The van der Waals surface area contributed by atoms with Gasteiger partial charge in [0.25, 0.3) is 0 Å². The molecular weight excluding hydrogens is 376 g/mol. The van der Waals surface area contributed by atoms with E-state index in [1.807, 2.05) is 37.3 Å². The van der Waals surface area contributed by atoms with Crippen molar-refractivity contribution in [3.63, 3.8) is 0 Å². The van der Waals surface area contributed by atoms with Crippen LogP contribution in [0.2, 0.25) is 0 Å². The van der Waals surface area contributed by atoms with Gasteiger partial charge in [0.15, 0.2) is 11.6 Å². The molecule has 0 saturated heterocycles. The highest BCUT2D eigenvalue weighted by Crippen LogP contribution is 2.29. The van der Waals surface area contributed by atoms with Gasteiger partial charge in [0, 0.05) is 22.4 Å². The minimum absolute atomic E-state index is 0.00804. The summed E-state index contributed by atoms with van der Waals surface area (Å²) in [5.41, 5.74) is 2.38. The second kappa shape index (κ2) is 8.79. The van der Waals surface area contributed by atoms with E-state index in [1.165, 1.54) is 16.4 Å². The maximum Gasteiger partial charge on any atom is 0.210 e. The van der Waals surface area contributed by atoms with Crippen molar-refractivity contribution in [1.82, 2.24) is 14.9 Å². The Hall–Kier alpha value is -3.00. The van der Waals surface area contributed by atoms with E-state index in [-0.39, 0.29) is 5.78 Å². The lowest BCUT2D eigenvalue weighted by Crippen LogP contribution is -2.11. The van der Waals surface area contributed by atoms with Gasteiger partial charge in [0.2, 0.25) is 5.16 Å². The van der Waals surface area contributed by atoms with Gasteiger partial charge in [-0.3, -0.25) is 4.79 Å². The molecule has 7 nitrogen and oxygen atoms in total. The first-order chi connectivity index (χ1) is 13.5. The molecule has 3 aromatic rings. The van der Waals surface area contributed by atoms with Gasteiger partial charge in [-0.05, 0) is 56.3 Å². The zero-order chi connectivity index (χ0) is 20.1. The van der Waals surface area contributed by atoms with Crippen molar-refractivity contribution in [2.24, 2.45) is 0 Å². The molecule has 0 unspecified atom stereocenters. The van der Waals surface area contributed by atoms with Crippen molar-refractivity contribution in [2.75, 3.05) is 19.6 Å². The number of hydrogen-bond donors (Lipinski definition) is 1. The predicted octanol–water partition coefficient (Wildman–Crippen LogP) is 3.56. The number of aromatic nitrogens is 3. The molecule has 2 aromatic carbocycles. The van der Waals surface area contributed by atoms with Gasteiger partial charge in [-0.1, -0.05) is 11.8 Å². The minimum Gasteiger partial charge on any atom is -0.496 e. The smallest absolute Gasteiger partial charge is 0.210 e. The van der Waals surface area contributed by atoms with E-state index in [2.05, 4.69) is 10.2 Å². The molecule has 0 fully saturated rings. The standard InChI is InChI=1S/C20H22N4O3S/c1-4-27-17-8-5-14(6-9-17)19-22-23-20(24(19)21)28-12-16-11-15(13(2)25)7-10-18(16)26-3/h5-11H,4,12,21H2,1-3H3. The Kier molecular flexibility index (Phi) is 6.20. The lowest BCUT2D eigenvalue weighted by molar-refractivity contribution is 0.101. The number of nitrogens with zero attached hydrogens (tertiary/aromatic N) is 3. The zero-order valence-corrected chi connectivity index (χ0v) is 16.8. The van der Waals surface area contributed by atoms with E-state index >= 15 is 0 Å². The third-order valence-corrected chi connectivity index (χ3v) is 5.12. The van der Waals surface area contributed by atoms with Crippen molar-refractivity contribution in [1.29, 1.82) is 0 Å². The second-order valence-corrected chi connectivity index (χ2v) is 6.95. The summed E-state index contributed by atoms with van der Waals surface area (Å²) in [5, 5.41) is 8.96. The van der Waals surface area contributed by atoms with Gasteiger partial charge in [-0.2, -0.15) is 0 Å². The number of methoxy groups -OCH3 is 1. The van der Waals surface area contributed by atoms with Crippen molar-refractivity contribution in [2.45, 2.75) is 24.8 Å². The number of ketones is 1. The Balaban J connectivity index is 1.78. The Morgan fingerprint density at radius 1 is 1.18 bits per heavy atom. The first-order valence-corrected chi connectivity index (χ1v) is 9.76. The molecule has 146 valence electrons. The number of nitrogen functional groups attached to an aromatic ring is 1. The number of rotatable bonds is 8. The van der Waals surface area contributed by atoms with Crippen LogP contribution in [-0.4, -0.2) is 34.4 Å². The molecule has 8 heteroatoms. The molecule has 0 aliphatic heterocycles. The molecule has 1 aromatic heterocycles. The summed E-state index contributed by atoms with van der Waals surface area (Å²) in [5.74, 6) is 8.82. The number of hydrogen-bond acceptors (Lipinski definition) is 7. The molecule has 0 radical (unpaired) electrons. The molecule has 0 spiro atoms. The molecule has 0 aliphatic rings. The van der Waals surface area contributed by atoms with E-state index in [0.717, 1.165) is 16.9 Å². The maximum atomic E-state index is 11.6. The first kappa shape index (κ1) is 19.8. The van der Waals surface area contributed by atoms with Crippen molar-refractivity contribution in [3.05, 3.63) is 53.6 Å². The van der Waals surface area contributed by atoms with Gasteiger partial charge >= 0.3 is 0 Å². The van der Waals surface area contributed by atoms with Crippen LogP contribution in [0.4, 0.5) is 0 Å². The largest absolute Gasteiger partial charge is 0.496 e. The Morgan fingerprint density at radius 2 is 1.93 bits per heavy atom. The highest BCUT2D eigenvalue weighted by atomic mass is 32.2. The van der Waals surface area contributed by atoms with Crippen molar-refractivity contribution < 1.29 is 14.3 Å². The fourth-order valence-corrected chi connectivity index (χ4v) is 3.53. The fourth-order valence-electron chi connectivity index (χ4n) is 2.69. The van der Waals surface area contributed by atoms with Crippen LogP contribution >= 0.6 is 11.8 Å². The van der Waals surface area contributed by atoms with Crippen LogP contribution in [0, 0.1) is 0 Å². The lowest BCUT2D eigenvalue weighted by Gasteiger charge is -2.10. The molecule has 0 bridgehead atoms. The molecule has 0 atom stereocenters. The normalized spacial score (nSPS) is 10.7. The van der Waals surface area contributed by atoms with E-state index in [9.17, 15) is 4.79 Å². The second-order valence-electron chi connectivity index (χ2n) is 6.01. The number of ether oxygens (including phenoxy) is 2. The molecule has 2 N–H and O–H groups in total. The average molecular weight is 398 g/mol. The predicted molar refractivity (Wildman–Crippen MR) is 109 cm³/mol. The highest BCUT2D eigenvalue weighted by molar-refractivity contribution is 7.98. The third-order valence-electron chi connectivity index (χ3n) is 4.13. The SMILES string of the molecule is CCOc1ccc(-c2nnc(SCc3cc(C(C)=O)ccc3OC)n2N)cc1. The van der Waals surface area contributed by atoms with Gasteiger partial charge in [-0.25, -0.2) is 4.68 Å². The fraction of sp³-hybridized carbons (Fsp3) is 0.250. The van der Waals surface area contributed by atoms with Gasteiger partial charge in [0.05, 0.1) is 13.7 Å². The maximum absolute atomic E-state index is 11.6. The van der Waals surface area contributed by atoms with Crippen LogP contribution < -0.4 is 15.3 Å². The average Bonchev–Trinajstić information content (AvgIpc) is 3.07. The van der Waals surface area contributed by atoms with Crippen molar-refractivity contribution in [3.8, 4) is 22.9 Å². The Bertz CT molecular complexity index is 970. The van der Waals surface area contributed by atoms with Crippen LogP contribution in [0.15, 0.2) is 47.6 Å². The number of carbonyl (C=O) groups excluding carboxylic acids is 1. The summed E-state index contributed by atoms with van der Waals surface area (Å²) < 4.78 is 12.3. The molecule has 0 amide bonds.